The van der Waals surface area contributed by atoms with E-state index in [1.165, 1.54) is 17.7 Å². The molecule has 1 heterocycles. The molecule has 3 aromatic rings. The molecule has 0 radical (unpaired) electrons. The van der Waals surface area contributed by atoms with Gasteiger partial charge in [-0.05, 0) is 34.7 Å². The number of nitro groups is 2. The van der Waals surface area contributed by atoms with E-state index < -0.39 is 4.92 Å². The van der Waals surface area contributed by atoms with Crippen molar-refractivity contribution in [2.75, 3.05) is 12.3 Å². The fourth-order valence-corrected chi connectivity index (χ4v) is 5.60. The van der Waals surface area contributed by atoms with Gasteiger partial charge in [0.25, 0.3) is 11.4 Å². The molecule has 1 saturated heterocycles. The van der Waals surface area contributed by atoms with Crippen LogP contribution in [0, 0.1) is 20.2 Å². The van der Waals surface area contributed by atoms with E-state index in [0.717, 1.165) is 34.9 Å². The molecule has 0 N–H and O–H groups in total. The summed E-state index contributed by atoms with van der Waals surface area (Å²) in [5, 5.41) is 24.3. The van der Waals surface area contributed by atoms with Gasteiger partial charge in [0.15, 0.2) is 0 Å². The molecule has 0 atom stereocenters. The summed E-state index contributed by atoms with van der Waals surface area (Å²) in [4.78, 5) is 24.8. The predicted molar refractivity (Wildman–Crippen MR) is 125 cm³/mol. The largest absolute Gasteiger partial charge is 0.361 e. The average Bonchev–Trinajstić information content (AvgIpc) is 3.13. The highest BCUT2D eigenvalue weighted by molar-refractivity contribution is 8.03. The zero-order valence-electron chi connectivity index (χ0n) is 17.1. The average molecular weight is 446 g/mol. The van der Waals surface area contributed by atoms with Crippen molar-refractivity contribution in [1.29, 1.82) is 0 Å². The zero-order valence-corrected chi connectivity index (χ0v) is 17.9. The number of rotatable bonds is 4. The topological polar surface area (TPSA) is 89.5 Å². The van der Waals surface area contributed by atoms with Crippen molar-refractivity contribution in [2.24, 2.45) is 0 Å². The van der Waals surface area contributed by atoms with Gasteiger partial charge in [-0.1, -0.05) is 42.5 Å². The summed E-state index contributed by atoms with van der Waals surface area (Å²) in [5.74, 6) is 0.929. The minimum absolute atomic E-state index is 0.0172. The Morgan fingerprint density at radius 3 is 2.44 bits per heavy atom. The molecule has 0 spiro atoms. The van der Waals surface area contributed by atoms with Crippen LogP contribution in [0.4, 0.5) is 11.4 Å². The number of nitrogens with zero attached hydrogens (tertiary/aromatic N) is 3. The second kappa shape index (κ2) is 8.12. The van der Waals surface area contributed by atoms with Crippen LogP contribution in [-0.4, -0.2) is 27.0 Å². The van der Waals surface area contributed by atoms with Gasteiger partial charge in [-0.2, -0.15) is 0 Å². The van der Waals surface area contributed by atoms with E-state index in [9.17, 15) is 20.2 Å². The molecular weight excluding hydrogens is 426 g/mol. The van der Waals surface area contributed by atoms with Crippen molar-refractivity contribution in [2.45, 2.75) is 13.0 Å². The number of benzene rings is 3. The lowest BCUT2D eigenvalue weighted by molar-refractivity contribution is -0.385. The molecule has 1 fully saturated rings. The highest BCUT2D eigenvalue weighted by Crippen LogP contribution is 2.52. The lowest BCUT2D eigenvalue weighted by Crippen LogP contribution is -2.27. The molecule has 160 valence electrons. The number of hydrogen-bond acceptors (Lipinski definition) is 6. The highest BCUT2D eigenvalue weighted by Gasteiger charge is 2.35. The summed E-state index contributed by atoms with van der Waals surface area (Å²) in [6, 6.07) is 19.8. The van der Waals surface area contributed by atoms with Crippen molar-refractivity contribution in [3.05, 3.63) is 109 Å². The summed E-state index contributed by atoms with van der Waals surface area (Å²) < 4.78 is 0. The molecule has 1 aliphatic heterocycles. The van der Waals surface area contributed by atoms with Crippen molar-refractivity contribution in [3.8, 4) is 11.1 Å². The van der Waals surface area contributed by atoms with E-state index >= 15 is 0 Å². The van der Waals surface area contributed by atoms with Crippen molar-refractivity contribution >= 4 is 28.7 Å². The van der Waals surface area contributed by atoms with Crippen LogP contribution in [0.15, 0.2) is 71.8 Å². The minimum atomic E-state index is -0.421. The molecule has 32 heavy (non-hydrogen) atoms. The Kier molecular flexibility index (Phi) is 5.14. The molecule has 0 unspecified atom stereocenters. The monoisotopic (exact) mass is 445 g/mol. The Morgan fingerprint density at radius 1 is 0.875 bits per heavy atom. The fourth-order valence-electron chi connectivity index (χ4n) is 4.43. The van der Waals surface area contributed by atoms with Crippen molar-refractivity contribution < 1.29 is 9.85 Å². The number of thioether (sulfide) groups is 1. The summed E-state index contributed by atoms with van der Waals surface area (Å²) in [6.07, 6.45) is 1.03. The standard InChI is InChI=1S/C24H19N3O4S/c28-26(29)17-10-11-18-20(14-17)23(19-8-4-9-21(22(18)19)27(30)31)24-25(12-5-13-32-24)15-16-6-2-1-3-7-16/h1-4,6-11,14H,5,12-13,15H2/b24-23-. The Bertz CT molecular complexity index is 1270. The van der Waals surface area contributed by atoms with Crippen LogP contribution in [0.5, 0.6) is 0 Å². The van der Waals surface area contributed by atoms with Crippen LogP contribution in [0.25, 0.3) is 16.7 Å². The number of fused-ring (bicyclic) bond motifs is 3. The first-order chi connectivity index (χ1) is 15.5. The van der Waals surface area contributed by atoms with Gasteiger partial charge in [0.05, 0.1) is 20.4 Å². The number of non-ortho nitro benzene ring substituents is 1. The van der Waals surface area contributed by atoms with Crippen LogP contribution < -0.4 is 0 Å². The highest BCUT2D eigenvalue weighted by atomic mass is 32.2. The molecule has 5 rings (SSSR count). The maximum atomic E-state index is 11.8. The Labute approximate surface area is 188 Å². The molecule has 0 aromatic heterocycles. The van der Waals surface area contributed by atoms with Crippen LogP contribution in [0.1, 0.15) is 23.1 Å². The van der Waals surface area contributed by atoms with Gasteiger partial charge >= 0.3 is 0 Å². The van der Waals surface area contributed by atoms with Crippen LogP contribution in [0.3, 0.4) is 0 Å². The second-order valence-corrected chi connectivity index (χ2v) is 8.82. The molecule has 0 amide bonds. The smallest absolute Gasteiger partial charge is 0.277 e. The molecule has 8 heteroatoms. The van der Waals surface area contributed by atoms with E-state index in [0.29, 0.717) is 23.2 Å². The Hall–Kier alpha value is -3.65. The molecule has 1 aliphatic carbocycles. The number of hydrogen-bond donors (Lipinski definition) is 0. The van der Waals surface area contributed by atoms with Crippen molar-refractivity contribution in [3.63, 3.8) is 0 Å². The van der Waals surface area contributed by atoms with E-state index in [1.807, 2.05) is 24.3 Å². The van der Waals surface area contributed by atoms with Gasteiger partial charge in [-0.3, -0.25) is 20.2 Å². The zero-order chi connectivity index (χ0) is 22.2. The summed E-state index contributed by atoms with van der Waals surface area (Å²) in [5.41, 5.74) is 4.68. The maximum Gasteiger partial charge on any atom is 0.277 e. The molecule has 2 aliphatic rings. The van der Waals surface area contributed by atoms with E-state index in [2.05, 4.69) is 17.0 Å². The van der Waals surface area contributed by atoms with E-state index in [4.69, 9.17) is 0 Å². The Morgan fingerprint density at radius 2 is 1.69 bits per heavy atom. The van der Waals surface area contributed by atoms with Crippen molar-refractivity contribution in [1.82, 2.24) is 4.90 Å². The lowest BCUT2D eigenvalue weighted by atomic mass is 10.0. The van der Waals surface area contributed by atoms with E-state index in [-0.39, 0.29) is 16.3 Å². The first-order valence-corrected chi connectivity index (χ1v) is 11.3. The normalized spacial score (nSPS) is 17.1. The lowest BCUT2D eigenvalue weighted by Gasteiger charge is -2.33. The van der Waals surface area contributed by atoms with Gasteiger partial charge in [-0.15, -0.1) is 11.8 Å². The number of nitro benzene ring substituents is 2. The maximum absolute atomic E-state index is 11.8. The molecular formula is C24H19N3O4S. The second-order valence-electron chi connectivity index (χ2n) is 7.73. The molecule has 3 aromatic carbocycles. The quantitative estimate of drug-likeness (QED) is 0.290. The summed E-state index contributed by atoms with van der Waals surface area (Å²) in [7, 11) is 0. The molecule has 0 bridgehead atoms. The van der Waals surface area contributed by atoms with Gasteiger partial charge in [0.1, 0.15) is 0 Å². The third-order valence-electron chi connectivity index (χ3n) is 5.79. The third-order valence-corrected chi connectivity index (χ3v) is 7.02. The fraction of sp³-hybridized carbons (Fsp3) is 0.167. The summed E-state index contributed by atoms with van der Waals surface area (Å²) in [6.45, 7) is 1.57. The molecule has 0 saturated carbocycles. The van der Waals surface area contributed by atoms with E-state index in [1.54, 1.807) is 30.0 Å². The van der Waals surface area contributed by atoms with Gasteiger partial charge in [0, 0.05) is 42.6 Å². The Balaban J connectivity index is 1.75. The SMILES string of the molecule is O=[N+]([O-])c1ccc2c(c1)/C(=C1\SCCCN1Cc1ccccc1)c1cccc([N+](=O)[O-])c1-2. The predicted octanol–water partition coefficient (Wildman–Crippen LogP) is 5.84. The minimum Gasteiger partial charge on any atom is -0.361 e. The van der Waals surface area contributed by atoms with Gasteiger partial charge in [-0.25, -0.2) is 0 Å². The third kappa shape index (κ3) is 3.42. The van der Waals surface area contributed by atoms with Gasteiger partial charge < -0.3 is 4.90 Å². The summed E-state index contributed by atoms with van der Waals surface area (Å²) >= 11 is 1.71. The molecule has 7 nitrogen and oxygen atoms in total. The first kappa shape index (κ1) is 20.3. The van der Waals surface area contributed by atoms with Crippen LogP contribution in [-0.2, 0) is 6.54 Å². The van der Waals surface area contributed by atoms with Crippen LogP contribution in [0.2, 0.25) is 0 Å². The van der Waals surface area contributed by atoms with Crippen LogP contribution >= 0.6 is 11.8 Å². The van der Waals surface area contributed by atoms with Gasteiger partial charge in [0.2, 0.25) is 0 Å². The first-order valence-electron chi connectivity index (χ1n) is 10.3.